The second-order valence-corrected chi connectivity index (χ2v) is 6.09. The molecule has 2 aromatic heterocycles. The monoisotopic (exact) mass is 460 g/mol. The number of aliphatic imine (C=N–C) groups is 1. The maximum absolute atomic E-state index is 5.53. The van der Waals surface area contributed by atoms with Crippen molar-refractivity contribution in [3.05, 3.63) is 42.1 Å². The van der Waals surface area contributed by atoms with Gasteiger partial charge >= 0.3 is 0 Å². The van der Waals surface area contributed by atoms with E-state index in [1.807, 2.05) is 30.6 Å². The molecule has 0 unspecified atom stereocenters. The van der Waals surface area contributed by atoms with E-state index in [2.05, 4.69) is 33.7 Å². The van der Waals surface area contributed by atoms with Gasteiger partial charge in [0.1, 0.15) is 12.0 Å². The van der Waals surface area contributed by atoms with Crippen LogP contribution in [0.5, 0.6) is 0 Å². The first-order valence-corrected chi connectivity index (χ1v) is 8.71. The molecule has 132 valence electrons. The Labute approximate surface area is 164 Å². The minimum absolute atomic E-state index is 0. The van der Waals surface area contributed by atoms with Gasteiger partial charge in [-0.1, -0.05) is 12.1 Å². The molecule has 0 aliphatic rings. The van der Waals surface area contributed by atoms with Crippen LogP contribution in [0.2, 0.25) is 0 Å². The quantitative estimate of drug-likeness (QED) is 0.209. The van der Waals surface area contributed by atoms with E-state index in [4.69, 9.17) is 4.42 Å². The molecule has 0 saturated heterocycles. The molecule has 0 bridgehead atoms. The van der Waals surface area contributed by atoms with Crippen molar-refractivity contribution in [2.45, 2.75) is 26.3 Å². The molecule has 0 aliphatic carbocycles. The Hall–Kier alpha value is -1.35. The van der Waals surface area contributed by atoms with Crippen LogP contribution in [-0.2, 0) is 6.54 Å². The van der Waals surface area contributed by atoms with Gasteiger partial charge in [0.2, 0.25) is 5.89 Å². The van der Waals surface area contributed by atoms with Gasteiger partial charge < -0.3 is 14.6 Å². The number of aromatic nitrogens is 1. The SMILES string of the molecule is C=CCCCN(C)C(=NCc1coc(-c2cccs2)n1)NCC.I. The van der Waals surface area contributed by atoms with Crippen LogP contribution in [-0.4, -0.2) is 36.0 Å². The molecule has 7 heteroatoms. The van der Waals surface area contributed by atoms with E-state index in [9.17, 15) is 0 Å². The lowest BCUT2D eigenvalue weighted by atomic mass is 10.3. The molecule has 5 nitrogen and oxygen atoms in total. The van der Waals surface area contributed by atoms with Crippen molar-refractivity contribution in [2.24, 2.45) is 4.99 Å². The van der Waals surface area contributed by atoms with Crippen molar-refractivity contribution in [1.29, 1.82) is 0 Å². The van der Waals surface area contributed by atoms with Crippen LogP contribution in [0.3, 0.4) is 0 Å². The first-order valence-electron chi connectivity index (χ1n) is 7.83. The number of nitrogens with zero attached hydrogens (tertiary/aromatic N) is 3. The second kappa shape index (κ2) is 11.2. The van der Waals surface area contributed by atoms with Crippen LogP contribution in [0.25, 0.3) is 10.8 Å². The largest absolute Gasteiger partial charge is 0.443 e. The van der Waals surface area contributed by atoms with E-state index in [0.717, 1.165) is 42.5 Å². The van der Waals surface area contributed by atoms with E-state index in [0.29, 0.717) is 12.4 Å². The summed E-state index contributed by atoms with van der Waals surface area (Å²) in [5.41, 5.74) is 0.836. The fourth-order valence-corrected chi connectivity index (χ4v) is 2.75. The van der Waals surface area contributed by atoms with Gasteiger partial charge in [-0.3, -0.25) is 0 Å². The fourth-order valence-electron chi connectivity index (χ4n) is 2.10. The highest BCUT2D eigenvalue weighted by molar-refractivity contribution is 14.0. The van der Waals surface area contributed by atoms with E-state index in [-0.39, 0.29) is 24.0 Å². The van der Waals surface area contributed by atoms with Crippen molar-refractivity contribution in [1.82, 2.24) is 15.2 Å². The normalized spacial score (nSPS) is 11.0. The predicted molar refractivity (Wildman–Crippen MR) is 112 cm³/mol. The summed E-state index contributed by atoms with van der Waals surface area (Å²) in [7, 11) is 2.05. The van der Waals surface area contributed by atoms with Crippen LogP contribution in [0.1, 0.15) is 25.5 Å². The third-order valence-corrected chi connectivity index (χ3v) is 4.13. The smallest absolute Gasteiger partial charge is 0.236 e. The summed E-state index contributed by atoms with van der Waals surface area (Å²) in [5.74, 6) is 1.55. The lowest BCUT2D eigenvalue weighted by Crippen LogP contribution is -2.39. The Morgan fingerprint density at radius 1 is 1.54 bits per heavy atom. The minimum Gasteiger partial charge on any atom is -0.443 e. The van der Waals surface area contributed by atoms with E-state index in [1.54, 1.807) is 17.6 Å². The highest BCUT2D eigenvalue weighted by atomic mass is 127. The van der Waals surface area contributed by atoms with Gasteiger partial charge in [0, 0.05) is 20.1 Å². The van der Waals surface area contributed by atoms with Crippen molar-refractivity contribution in [3.8, 4) is 10.8 Å². The average Bonchev–Trinajstić information content (AvgIpc) is 3.22. The van der Waals surface area contributed by atoms with Gasteiger partial charge in [-0.05, 0) is 31.2 Å². The summed E-state index contributed by atoms with van der Waals surface area (Å²) in [6.07, 6.45) is 5.70. The molecule has 0 aromatic carbocycles. The second-order valence-electron chi connectivity index (χ2n) is 5.14. The Kier molecular flexibility index (Phi) is 9.70. The summed E-state index contributed by atoms with van der Waals surface area (Å²) in [5, 5.41) is 5.32. The fraction of sp³-hybridized carbons (Fsp3) is 0.412. The Balaban J connectivity index is 0.00000288. The molecule has 2 heterocycles. The summed E-state index contributed by atoms with van der Waals surface area (Å²) >= 11 is 1.62. The van der Waals surface area contributed by atoms with E-state index in [1.165, 1.54) is 0 Å². The van der Waals surface area contributed by atoms with Gasteiger partial charge in [0.05, 0.1) is 11.4 Å². The van der Waals surface area contributed by atoms with Crippen molar-refractivity contribution < 1.29 is 4.42 Å². The number of guanidine groups is 1. The number of nitrogens with one attached hydrogen (secondary N) is 1. The minimum atomic E-state index is 0. The maximum atomic E-state index is 5.53. The molecule has 0 spiro atoms. The lowest BCUT2D eigenvalue weighted by Gasteiger charge is -2.21. The zero-order valence-corrected chi connectivity index (χ0v) is 17.3. The van der Waals surface area contributed by atoms with Crippen LogP contribution in [0.4, 0.5) is 0 Å². The van der Waals surface area contributed by atoms with Gasteiger partial charge in [-0.15, -0.1) is 41.9 Å². The molecule has 2 rings (SSSR count). The topological polar surface area (TPSA) is 53.7 Å². The number of unbranched alkanes of at least 4 members (excludes halogenated alkanes) is 1. The number of rotatable bonds is 8. The molecular weight excluding hydrogens is 435 g/mol. The van der Waals surface area contributed by atoms with E-state index < -0.39 is 0 Å². The lowest BCUT2D eigenvalue weighted by molar-refractivity contribution is 0.470. The molecule has 0 fully saturated rings. The summed E-state index contributed by atoms with van der Waals surface area (Å²) in [6, 6.07) is 3.99. The van der Waals surface area contributed by atoms with Gasteiger partial charge in [0.15, 0.2) is 5.96 Å². The standard InChI is InChI=1S/C17H24N4OS.HI/c1-4-6-7-10-21(3)17(18-5-2)19-12-14-13-22-16(20-14)15-9-8-11-23-15;/h4,8-9,11,13H,1,5-7,10,12H2,2-3H3,(H,18,19);1H. The van der Waals surface area contributed by atoms with E-state index >= 15 is 0 Å². The number of oxazole rings is 1. The van der Waals surface area contributed by atoms with Crippen LogP contribution < -0.4 is 5.32 Å². The first kappa shape index (κ1) is 20.7. The van der Waals surface area contributed by atoms with Gasteiger partial charge in [-0.25, -0.2) is 9.98 Å². The summed E-state index contributed by atoms with van der Waals surface area (Å²) in [4.78, 5) is 12.3. The molecule has 0 saturated carbocycles. The maximum Gasteiger partial charge on any atom is 0.236 e. The third-order valence-electron chi connectivity index (χ3n) is 3.27. The van der Waals surface area contributed by atoms with Gasteiger partial charge in [0.25, 0.3) is 0 Å². The Morgan fingerprint density at radius 2 is 2.38 bits per heavy atom. The number of allylic oxidation sites excluding steroid dienone is 1. The molecule has 0 atom stereocenters. The molecule has 0 aliphatic heterocycles. The number of halogens is 1. The highest BCUT2D eigenvalue weighted by Gasteiger charge is 2.09. The van der Waals surface area contributed by atoms with Crippen LogP contribution in [0.15, 0.2) is 45.8 Å². The number of thiophene rings is 1. The molecule has 0 amide bonds. The molecule has 24 heavy (non-hydrogen) atoms. The summed E-state index contributed by atoms with van der Waals surface area (Å²) < 4.78 is 5.53. The molecular formula is C17H25IN4OS. The third kappa shape index (κ3) is 6.27. The average molecular weight is 460 g/mol. The Morgan fingerprint density at radius 3 is 3.04 bits per heavy atom. The Bertz CT molecular complexity index is 624. The predicted octanol–water partition coefficient (Wildman–Crippen LogP) is 4.38. The van der Waals surface area contributed by atoms with Crippen LogP contribution in [0, 0.1) is 0 Å². The van der Waals surface area contributed by atoms with Crippen molar-refractivity contribution in [2.75, 3.05) is 20.1 Å². The molecule has 2 aromatic rings. The van der Waals surface area contributed by atoms with Crippen molar-refractivity contribution in [3.63, 3.8) is 0 Å². The summed E-state index contributed by atoms with van der Waals surface area (Å²) in [6.45, 7) is 8.11. The highest BCUT2D eigenvalue weighted by Crippen LogP contribution is 2.23. The number of hydrogen-bond acceptors (Lipinski definition) is 4. The van der Waals surface area contributed by atoms with Gasteiger partial charge in [-0.2, -0.15) is 0 Å². The van der Waals surface area contributed by atoms with Crippen LogP contribution >= 0.6 is 35.3 Å². The zero-order chi connectivity index (χ0) is 16.5. The van der Waals surface area contributed by atoms with Crippen molar-refractivity contribution >= 4 is 41.3 Å². The first-order chi connectivity index (χ1) is 11.2. The molecule has 0 radical (unpaired) electrons. The molecule has 1 N–H and O–H groups in total. The zero-order valence-electron chi connectivity index (χ0n) is 14.2. The number of hydrogen-bond donors (Lipinski definition) is 1.